The lowest BCUT2D eigenvalue weighted by Gasteiger charge is -2.18. The summed E-state index contributed by atoms with van der Waals surface area (Å²) in [6, 6.07) is 18.9. The van der Waals surface area contributed by atoms with E-state index in [1.54, 1.807) is 49.6 Å². The Balaban J connectivity index is 1.24. The molecule has 3 aromatic carbocycles. The molecule has 8 nitrogen and oxygen atoms in total. The standard InChI is InChI=1S/C25H18N4O4S/c1-33-16-9-6-14(7-10-16)24-27-25(29-28-24)34-13-21(30)26-15-8-11-19-20(12-15)23(32)18-5-3-2-4-17(18)22(19)31/h2-12H,13H2,1H3,(H,26,30)(H,27,28,29). The van der Waals surface area contributed by atoms with Gasteiger partial charge in [0.25, 0.3) is 0 Å². The van der Waals surface area contributed by atoms with Crippen LogP contribution >= 0.6 is 11.8 Å². The molecule has 0 saturated carbocycles. The number of thioether (sulfide) groups is 1. The number of hydrogen-bond acceptors (Lipinski definition) is 7. The maximum absolute atomic E-state index is 12.9. The molecule has 0 radical (unpaired) electrons. The molecule has 5 rings (SSSR count). The third-order valence-electron chi connectivity index (χ3n) is 5.37. The highest BCUT2D eigenvalue weighted by atomic mass is 32.2. The average Bonchev–Trinajstić information content (AvgIpc) is 3.35. The van der Waals surface area contributed by atoms with Gasteiger partial charge in [0.05, 0.1) is 12.9 Å². The van der Waals surface area contributed by atoms with E-state index in [1.807, 2.05) is 24.3 Å². The highest BCUT2D eigenvalue weighted by Crippen LogP contribution is 2.29. The van der Waals surface area contributed by atoms with Gasteiger partial charge in [-0.25, -0.2) is 4.98 Å². The Bertz CT molecular complexity index is 1430. The lowest BCUT2D eigenvalue weighted by Crippen LogP contribution is -2.21. The second kappa shape index (κ2) is 8.95. The van der Waals surface area contributed by atoms with Crippen molar-refractivity contribution in [2.75, 3.05) is 18.2 Å². The van der Waals surface area contributed by atoms with Crippen molar-refractivity contribution >= 4 is 34.9 Å². The Labute approximate surface area is 198 Å². The van der Waals surface area contributed by atoms with Crippen LogP contribution in [-0.2, 0) is 4.79 Å². The van der Waals surface area contributed by atoms with Crippen LogP contribution in [0, 0.1) is 0 Å². The number of nitrogens with one attached hydrogen (secondary N) is 2. The van der Waals surface area contributed by atoms with Crippen molar-refractivity contribution in [3.8, 4) is 17.1 Å². The monoisotopic (exact) mass is 470 g/mol. The molecule has 2 N–H and O–H groups in total. The van der Waals surface area contributed by atoms with Gasteiger partial charge in [-0.1, -0.05) is 36.0 Å². The number of nitrogens with zero attached hydrogens (tertiary/aromatic N) is 2. The number of benzene rings is 3. The van der Waals surface area contributed by atoms with Crippen LogP contribution in [0.1, 0.15) is 31.8 Å². The fraction of sp³-hybridized carbons (Fsp3) is 0.0800. The average molecular weight is 471 g/mol. The molecule has 0 saturated heterocycles. The van der Waals surface area contributed by atoms with E-state index in [4.69, 9.17) is 4.74 Å². The zero-order chi connectivity index (χ0) is 23.7. The molecular formula is C25H18N4O4S. The van der Waals surface area contributed by atoms with Crippen LogP contribution in [0.25, 0.3) is 11.4 Å². The molecule has 1 aliphatic carbocycles. The number of aromatic amines is 1. The number of methoxy groups -OCH3 is 1. The lowest BCUT2D eigenvalue weighted by molar-refractivity contribution is -0.113. The molecule has 0 fully saturated rings. The van der Waals surface area contributed by atoms with Crippen molar-refractivity contribution < 1.29 is 19.1 Å². The molecule has 0 unspecified atom stereocenters. The van der Waals surface area contributed by atoms with Crippen LogP contribution in [0.4, 0.5) is 5.69 Å². The second-order valence-electron chi connectivity index (χ2n) is 7.50. The molecule has 1 heterocycles. The zero-order valence-electron chi connectivity index (χ0n) is 18.0. The SMILES string of the molecule is COc1ccc(-c2nc(SCC(=O)Nc3ccc4c(c3)C(=O)c3ccccc3C4=O)n[nH]2)cc1. The third-order valence-corrected chi connectivity index (χ3v) is 6.22. The second-order valence-corrected chi connectivity index (χ2v) is 8.44. The number of fused-ring (bicyclic) bond motifs is 2. The minimum Gasteiger partial charge on any atom is -0.497 e. The summed E-state index contributed by atoms with van der Waals surface area (Å²) in [5.74, 6) is 0.692. The predicted octanol–water partition coefficient (Wildman–Crippen LogP) is 3.99. The summed E-state index contributed by atoms with van der Waals surface area (Å²) in [5, 5.41) is 10.2. The van der Waals surface area contributed by atoms with E-state index in [-0.39, 0.29) is 28.8 Å². The Hall–Kier alpha value is -4.24. The summed E-state index contributed by atoms with van der Waals surface area (Å²) in [4.78, 5) is 42.5. The molecule has 0 bridgehead atoms. The van der Waals surface area contributed by atoms with Gasteiger partial charge in [0, 0.05) is 33.5 Å². The number of ketones is 2. The van der Waals surface area contributed by atoms with Crippen LogP contribution < -0.4 is 10.1 Å². The number of anilines is 1. The van der Waals surface area contributed by atoms with E-state index < -0.39 is 0 Å². The van der Waals surface area contributed by atoms with E-state index in [2.05, 4.69) is 20.5 Å². The van der Waals surface area contributed by atoms with E-state index in [9.17, 15) is 14.4 Å². The summed E-state index contributed by atoms with van der Waals surface area (Å²) in [5.41, 5.74) is 2.68. The van der Waals surface area contributed by atoms with Gasteiger partial charge < -0.3 is 10.1 Å². The normalized spacial score (nSPS) is 12.1. The summed E-state index contributed by atoms with van der Waals surface area (Å²) in [6.07, 6.45) is 0. The molecule has 34 heavy (non-hydrogen) atoms. The van der Waals surface area contributed by atoms with E-state index >= 15 is 0 Å². The molecule has 0 aliphatic heterocycles. The number of amides is 1. The number of rotatable bonds is 6. The van der Waals surface area contributed by atoms with Crippen LogP contribution in [0.3, 0.4) is 0 Å². The highest BCUT2D eigenvalue weighted by Gasteiger charge is 2.29. The Morgan fingerprint density at radius 1 is 0.941 bits per heavy atom. The lowest BCUT2D eigenvalue weighted by atomic mass is 9.84. The fourth-order valence-electron chi connectivity index (χ4n) is 3.69. The molecule has 4 aromatic rings. The van der Waals surface area contributed by atoms with Gasteiger partial charge in [-0.3, -0.25) is 19.5 Å². The first-order valence-corrected chi connectivity index (χ1v) is 11.3. The first-order valence-electron chi connectivity index (χ1n) is 10.4. The van der Waals surface area contributed by atoms with Crippen molar-refractivity contribution in [2.24, 2.45) is 0 Å². The van der Waals surface area contributed by atoms with Gasteiger partial charge in [-0.05, 0) is 42.5 Å². The largest absolute Gasteiger partial charge is 0.497 e. The zero-order valence-corrected chi connectivity index (χ0v) is 18.8. The van der Waals surface area contributed by atoms with Gasteiger partial charge in [0.2, 0.25) is 11.1 Å². The number of carbonyl (C=O) groups excluding carboxylic acids is 3. The molecule has 0 spiro atoms. The molecular weight excluding hydrogens is 452 g/mol. The molecule has 0 atom stereocenters. The summed E-state index contributed by atoms with van der Waals surface area (Å²) in [7, 11) is 1.60. The number of hydrogen-bond donors (Lipinski definition) is 2. The van der Waals surface area contributed by atoms with Gasteiger partial charge in [-0.15, -0.1) is 5.10 Å². The van der Waals surface area contributed by atoms with Gasteiger partial charge in [0.15, 0.2) is 17.4 Å². The minimum absolute atomic E-state index is 0.0761. The number of H-pyrrole nitrogens is 1. The third kappa shape index (κ3) is 4.08. The Morgan fingerprint density at radius 3 is 2.32 bits per heavy atom. The molecule has 1 amide bonds. The smallest absolute Gasteiger partial charge is 0.234 e. The number of carbonyl (C=O) groups is 3. The van der Waals surface area contributed by atoms with Crippen molar-refractivity contribution in [3.05, 3.63) is 89.0 Å². The van der Waals surface area contributed by atoms with Crippen molar-refractivity contribution in [1.82, 2.24) is 15.2 Å². The molecule has 9 heteroatoms. The van der Waals surface area contributed by atoms with Crippen LogP contribution in [0.15, 0.2) is 71.9 Å². The van der Waals surface area contributed by atoms with Crippen molar-refractivity contribution in [2.45, 2.75) is 5.16 Å². The molecule has 1 aliphatic rings. The quantitative estimate of drug-likeness (QED) is 0.361. The van der Waals surface area contributed by atoms with Gasteiger partial charge >= 0.3 is 0 Å². The highest BCUT2D eigenvalue weighted by molar-refractivity contribution is 7.99. The summed E-state index contributed by atoms with van der Waals surface area (Å²) >= 11 is 1.18. The Morgan fingerprint density at radius 2 is 1.62 bits per heavy atom. The van der Waals surface area contributed by atoms with Crippen molar-refractivity contribution in [1.29, 1.82) is 0 Å². The van der Waals surface area contributed by atoms with E-state index in [0.717, 1.165) is 11.3 Å². The summed E-state index contributed by atoms with van der Waals surface area (Å²) in [6.45, 7) is 0. The van der Waals surface area contributed by atoms with E-state index in [0.29, 0.717) is 33.4 Å². The maximum atomic E-state index is 12.9. The minimum atomic E-state index is -0.282. The molecule has 1 aromatic heterocycles. The van der Waals surface area contributed by atoms with Gasteiger partial charge in [0.1, 0.15) is 5.75 Å². The number of ether oxygens (including phenoxy) is 1. The van der Waals surface area contributed by atoms with Crippen LogP contribution in [0.2, 0.25) is 0 Å². The topological polar surface area (TPSA) is 114 Å². The Kier molecular flexibility index (Phi) is 5.69. The van der Waals surface area contributed by atoms with Crippen molar-refractivity contribution in [3.63, 3.8) is 0 Å². The maximum Gasteiger partial charge on any atom is 0.234 e. The summed E-state index contributed by atoms with van der Waals surface area (Å²) < 4.78 is 5.15. The first kappa shape index (κ1) is 21.6. The molecule has 168 valence electrons. The first-order chi connectivity index (χ1) is 16.5. The van der Waals surface area contributed by atoms with Gasteiger partial charge in [-0.2, -0.15) is 0 Å². The van der Waals surface area contributed by atoms with Crippen LogP contribution in [0.5, 0.6) is 5.75 Å². The predicted molar refractivity (Wildman–Crippen MR) is 127 cm³/mol. The fourth-order valence-corrected chi connectivity index (χ4v) is 4.29. The van der Waals surface area contributed by atoms with Crippen LogP contribution in [-0.4, -0.2) is 45.5 Å². The number of aromatic nitrogens is 3. The van der Waals surface area contributed by atoms with E-state index in [1.165, 1.54) is 11.8 Å².